The van der Waals surface area contributed by atoms with E-state index in [0.717, 1.165) is 4.70 Å². The van der Waals surface area contributed by atoms with E-state index in [2.05, 4.69) is 0 Å². The van der Waals surface area contributed by atoms with Gasteiger partial charge in [-0.1, -0.05) is 11.5 Å². The fourth-order valence-electron chi connectivity index (χ4n) is 0.443. The summed E-state index contributed by atoms with van der Waals surface area (Å²) in [5.74, 6) is 0.201. The van der Waals surface area contributed by atoms with Crippen LogP contribution < -0.4 is 0 Å². The largest absolute Gasteiger partial charge is 0.339 e. The zero-order valence-electron chi connectivity index (χ0n) is 4.61. The van der Waals surface area contributed by atoms with Crippen LogP contribution >= 0.6 is 0 Å². The summed E-state index contributed by atoms with van der Waals surface area (Å²) < 4.78 is 1.00. The van der Waals surface area contributed by atoms with Gasteiger partial charge in [-0.2, -0.15) is 0 Å². The van der Waals surface area contributed by atoms with Gasteiger partial charge in [0.05, 0.1) is 0 Å². The minimum absolute atomic E-state index is 0. The molecular weight excluding hydrogens is 158 g/mol. The van der Waals surface area contributed by atoms with Crippen LogP contribution in [0.3, 0.4) is 0 Å². The van der Waals surface area contributed by atoms with E-state index in [4.69, 9.17) is 10.9 Å². The van der Waals surface area contributed by atoms with E-state index >= 15 is 0 Å². The Bertz CT molecular complexity index is 170. The van der Waals surface area contributed by atoms with E-state index < -0.39 is 0 Å². The molecule has 0 radical (unpaired) electrons. The third-order valence-corrected chi connectivity index (χ3v) is 0.860. The number of hydrogen-bond donors (Lipinski definition) is 2. The van der Waals surface area contributed by atoms with Crippen molar-refractivity contribution in [2.45, 2.75) is 0 Å². The Morgan fingerprint density at radius 2 is 2.00 bits per heavy atom. The molecule has 3 nitrogen and oxygen atoms in total. The van der Waals surface area contributed by atoms with Gasteiger partial charge in [-0.3, -0.25) is 0 Å². The van der Waals surface area contributed by atoms with Crippen molar-refractivity contribution in [2.24, 2.45) is 0 Å². The normalized spacial score (nSPS) is 15.6. The van der Waals surface area contributed by atoms with Gasteiger partial charge < -0.3 is 0 Å². The average Bonchev–Trinajstić information content (AvgIpc) is 1.77. The second-order valence-electron chi connectivity index (χ2n) is 1.46. The molecule has 0 unspecified atom stereocenters. The van der Waals surface area contributed by atoms with Crippen LogP contribution in [0.15, 0.2) is 24.4 Å². The molecular formula is C5H6FeN3+. The zero-order chi connectivity index (χ0) is 5.98. The standard InChI is InChI=1S/C5H6N3.Fe/c6-5-3-1-2-4-8(5)7;/h1-4,6-7H;/q+1;. The molecule has 0 bridgehead atoms. The van der Waals surface area contributed by atoms with E-state index in [1.807, 2.05) is 0 Å². The molecule has 0 aromatic carbocycles. The molecule has 1 aliphatic rings. The molecule has 0 aromatic rings. The van der Waals surface area contributed by atoms with Crippen molar-refractivity contribution < 1.29 is 21.8 Å². The van der Waals surface area contributed by atoms with Gasteiger partial charge in [0.1, 0.15) is 6.20 Å². The second kappa shape index (κ2) is 3.33. The molecule has 0 amide bonds. The first-order valence-corrected chi connectivity index (χ1v) is 2.24. The smallest absolute Gasteiger partial charge is 0.132 e. The van der Waals surface area contributed by atoms with Crippen LogP contribution in [0.4, 0.5) is 0 Å². The summed E-state index contributed by atoms with van der Waals surface area (Å²) in [4.78, 5) is 0. The van der Waals surface area contributed by atoms with Crippen molar-refractivity contribution >= 4 is 5.84 Å². The summed E-state index contributed by atoms with van der Waals surface area (Å²) in [6, 6.07) is 0. The van der Waals surface area contributed by atoms with Crippen molar-refractivity contribution in [1.29, 1.82) is 10.9 Å². The van der Waals surface area contributed by atoms with Gasteiger partial charge in [0.25, 0.3) is 0 Å². The second-order valence-corrected chi connectivity index (χ2v) is 1.46. The van der Waals surface area contributed by atoms with Crippen LogP contribution in [0.2, 0.25) is 0 Å². The predicted octanol–water partition coefficient (Wildman–Crippen LogP) is 1.09. The van der Waals surface area contributed by atoms with Crippen LogP contribution in [0.25, 0.3) is 0 Å². The first-order valence-electron chi connectivity index (χ1n) is 2.24. The quantitative estimate of drug-likeness (QED) is 0.397. The molecule has 0 spiro atoms. The molecule has 48 valence electrons. The van der Waals surface area contributed by atoms with Crippen LogP contribution in [-0.4, -0.2) is 10.5 Å². The van der Waals surface area contributed by atoms with E-state index in [1.54, 1.807) is 18.2 Å². The van der Waals surface area contributed by atoms with Crippen LogP contribution in [0.5, 0.6) is 0 Å². The van der Waals surface area contributed by atoms with E-state index in [1.165, 1.54) is 6.20 Å². The number of rotatable bonds is 0. The van der Waals surface area contributed by atoms with Gasteiger partial charge in [-0.25, -0.2) is 0 Å². The first-order chi connectivity index (χ1) is 3.80. The molecule has 0 saturated carbocycles. The maximum absolute atomic E-state index is 7.00. The fraction of sp³-hybridized carbons (Fsp3) is 0. The van der Waals surface area contributed by atoms with E-state index in [-0.39, 0.29) is 22.9 Å². The molecule has 0 aliphatic carbocycles. The molecule has 1 heterocycles. The van der Waals surface area contributed by atoms with Crippen molar-refractivity contribution in [3.8, 4) is 0 Å². The Balaban J connectivity index is 0.000000640. The Morgan fingerprint density at radius 1 is 1.33 bits per heavy atom. The van der Waals surface area contributed by atoms with Crippen LogP contribution in [0, 0.1) is 10.9 Å². The third kappa shape index (κ3) is 1.91. The summed E-state index contributed by atoms with van der Waals surface area (Å²) in [6.45, 7) is 0. The van der Waals surface area contributed by atoms with Gasteiger partial charge >= 0.3 is 5.84 Å². The van der Waals surface area contributed by atoms with E-state index in [0.29, 0.717) is 0 Å². The maximum atomic E-state index is 7.00. The number of allylic oxidation sites excluding steroid dienone is 2. The number of nitrogens with one attached hydrogen (secondary N) is 2. The SMILES string of the molecule is N=C1C=CC=C[N+]1=N.[Fe]. The van der Waals surface area contributed by atoms with Crippen molar-refractivity contribution in [3.05, 3.63) is 24.4 Å². The average molecular weight is 164 g/mol. The van der Waals surface area contributed by atoms with Gasteiger partial charge in [0.2, 0.25) is 0 Å². The minimum atomic E-state index is 0. The molecule has 2 N–H and O–H groups in total. The molecule has 1 rings (SSSR count). The molecule has 0 aromatic heterocycles. The monoisotopic (exact) mass is 164 g/mol. The minimum Gasteiger partial charge on any atom is -0.132 e. The van der Waals surface area contributed by atoms with Gasteiger partial charge in [-0.15, -0.1) is 10.2 Å². The van der Waals surface area contributed by atoms with E-state index in [9.17, 15) is 0 Å². The number of amidine groups is 1. The summed E-state index contributed by atoms with van der Waals surface area (Å²) in [6.07, 6.45) is 6.52. The Labute approximate surface area is 63.5 Å². The zero-order valence-corrected chi connectivity index (χ0v) is 5.71. The number of nitrogens with zero attached hydrogens (tertiary/aromatic N) is 1. The Hall–Kier alpha value is -0.731. The van der Waals surface area contributed by atoms with Crippen molar-refractivity contribution in [2.75, 3.05) is 0 Å². The van der Waals surface area contributed by atoms with Gasteiger partial charge in [0.15, 0.2) is 0 Å². The third-order valence-electron chi connectivity index (χ3n) is 0.860. The van der Waals surface area contributed by atoms with Crippen LogP contribution in [0.1, 0.15) is 0 Å². The summed E-state index contributed by atoms with van der Waals surface area (Å²) >= 11 is 0. The fourth-order valence-corrected chi connectivity index (χ4v) is 0.443. The summed E-state index contributed by atoms with van der Waals surface area (Å²) in [5.41, 5.74) is 6.95. The van der Waals surface area contributed by atoms with Gasteiger partial charge in [0, 0.05) is 23.1 Å². The molecule has 4 heteroatoms. The first kappa shape index (κ1) is 8.27. The topological polar surface area (TPSA) is 50.7 Å². The number of hydrogen-bond acceptors (Lipinski definition) is 2. The molecule has 0 saturated heterocycles. The predicted molar refractivity (Wildman–Crippen MR) is 29.0 cm³/mol. The Morgan fingerprint density at radius 3 is 2.33 bits per heavy atom. The molecule has 0 fully saturated rings. The molecule has 1 aliphatic heterocycles. The van der Waals surface area contributed by atoms with Crippen LogP contribution in [-0.2, 0) is 17.1 Å². The summed E-state index contributed by atoms with van der Waals surface area (Å²) in [7, 11) is 0. The Kier molecular flexibility index (Phi) is 3.06. The molecule has 9 heavy (non-hydrogen) atoms. The van der Waals surface area contributed by atoms with Crippen molar-refractivity contribution in [3.63, 3.8) is 0 Å². The molecule has 0 atom stereocenters. The summed E-state index contributed by atoms with van der Waals surface area (Å²) in [5, 5.41) is 7.00. The maximum Gasteiger partial charge on any atom is 0.339 e. The van der Waals surface area contributed by atoms with Crippen molar-refractivity contribution in [1.82, 2.24) is 0 Å². The van der Waals surface area contributed by atoms with Gasteiger partial charge in [-0.05, 0) is 6.08 Å².